The van der Waals surface area contributed by atoms with Crippen molar-refractivity contribution in [2.75, 3.05) is 7.11 Å². The molecule has 0 aromatic heterocycles. The van der Waals surface area contributed by atoms with E-state index in [1.807, 2.05) is 0 Å². The fourth-order valence-electron chi connectivity index (χ4n) is 1.65. The van der Waals surface area contributed by atoms with Gasteiger partial charge in [0.1, 0.15) is 6.10 Å². The SMILES string of the molecule is COC(=O)CC(O)C(O)c1ccccc1C(C)=O. The van der Waals surface area contributed by atoms with Crippen molar-refractivity contribution in [3.63, 3.8) is 0 Å². The Morgan fingerprint density at radius 3 is 2.44 bits per heavy atom. The number of ketones is 1. The zero-order valence-corrected chi connectivity index (χ0v) is 10.3. The lowest BCUT2D eigenvalue weighted by Gasteiger charge is -2.19. The van der Waals surface area contributed by atoms with Crippen LogP contribution >= 0.6 is 0 Å². The molecule has 5 heteroatoms. The number of esters is 1. The molecule has 2 N–H and O–H groups in total. The molecule has 0 fully saturated rings. The summed E-state index contributed by atoms with van der Waals surface area (Å²) in [6.45, 7) is 1.37. The lowest BCUT2D eigenvalue weighted by molar-refractivity contribution is -0.144. The fraction of sp³-hybridized carbons (Fsp3) is 0.385. The molecule has 0 saturated heterocycles. The maximum atomic E-state index is 11.4. The molecule has 1 rings (SSSR count). The van der Waals surface area contributed by atoms with Gasteiger partial charge in [-0.05, 0) is 12.5 Å². The Kier molecular flexibility index (Phi) is 5.00. The quantitative estimate of drug-likeness (QED) is 0.599. The van der Waals surface area contributed by atoms with Gasteiger partial charge in [-0.3, -0.25) is 9.59 Å². The highest BCUT2D eigenvalue weighted by Crippen LogP contribution is 2.23. The Balaban J connectivity index is 2.92. The van der Waals surface area contributed by atoms with Gasteiger partial charge in [0.2, 0.25) is 0 Å². The second kappa shape index (κ2) is 6.28. The highest BCUT2D eigenvalue weighted by atomic mass is 16.5. The number of ether oxygens (including phenoxy) is 1. The molecule has 0 aliphatic carbocycles. The average molecular weight is 252 g/mol. The Bertz CT molecular complexity index is 441. The van der Waals surface area contributed by atoms with E-state index in [-0.39, 0.29) is 12.2 Å². The minimum atomic E-state index is -1.31. The fourth-order valence-corrected chi connectivity index (χ4v) is 1.65. The molecule has 18 heavy (non-hydrogen) atoms. The molecule has 0 radical (unpaired) electrons. The maximum absolute atomic E-state index is 11.4. The molecule has 5 nitrogen and oxygen atoms in total. The summed E-state index contributed by atoms with van der Waals surface area (Å²) in [5, 5.41) is 19.7. The van der Waals surface area contributed by atoms with E-state index < -0.39 is 18.2 Å². The van der Waals surface area contributed by atoms with E-state index in [2.05, 4.69) is 4.74 Å². The third-order valence-corrected chi connectivity index (χ3v) is 2.63. The summed E-state index contributed by atoms with van der Waals surface area (Å²) in [7, 11) is 1.20. The Morgan fingerprint density at radius 1 is 1.28 bits per heavy atom. The van der Waals surface area contributed by atoms with E-state index in [1.54, 1.807) is 24.3 Å². The number of carbonyl (C=O) groups is 2. The van der Waals surface area contributed by atoms with Gasteiger partial charge in [-0.1, -0.05) is 24.3 Å². The van der Waals surface area contributed by atoms with Crippen LogP contribution in [0.15, 0.2) is 24.3 Å². The van der Waals surface area contributed by atoms with Gasteiger partial charge in [-0.25, -0.2) is 0 Å². The summed E-state index contributed by atoms with van der Waals surface area (Å²) in [5.41, 5.74) is 0.635. The largest absolute Gasteiger partial charge is 0.469 e. The van der Waals surface area contributed by atoms with Crippen LogP contribution in [0, 0.1) is 0 Å². The number of carbonyl (C=O) groups excluding carboxylic acids is 2. The average Bonchev–Trinajstić information content (AvgIpc) is 2.37. The molecule has 0 spiro atoms. The van der Waals surface area contributed by atoms with Crippen LogP contribution in [0.1, 0.15) is 35.4 Å². The predicted octanol–water partition coefficient (Wildman–Crippen LogP) is 0.847. The minimum absolute atomic E-state index is 0.213. The first kappa shape index (κ1) is 14.3. The van der Waals surface area contributed by atoms with Gasteiger partial charge in [-0.2, -0.15) is 0 Å². The number of methoxy groups -OCH3 is 1. The van der Waals surface area contributed by atoms with Gasteiger partial charge >= 0.3 is 5.97 Å². The highest BCUT2D eigenvalue weighted by molar-refractivity contribution is 5.95. The normalized spacial score (nSPS) is 13.8. The van der Waals surface area contributed by atoms with Crippen LogP contribution in [0.3, 0.4) is 0 Å². The lowest BCUT2D eigenvalue weighted by Crippen LogP contribution is -2.24. The number of Topliss-reactive ketones (excluding diaryl/α,β-unsaturated/α-hetero) is 1. The molecule has 1 aromatic rings. The molecular formula is C13H16O5. The van der Waals surface area contributed by atoms with Crippen molar-refractivity contribution >= 4 is 11.8 Å². The topological polar surface area (TPSA) is 83.8 Å². The van der Waals surface area contributed by atoms with Gasteiger partial charge in [0.05, 0.1) is 19.6 Å². The van der Waals surface area contributed by atoms with Crippen LogP contribution in [0.4, 0.5) is 0 Å². The Morgan fingerprint density at radius 2 is 1.89 bits per heavy atom. The monoisotopic (exact) mass is 252 g/mol. The van der Waals surface area contributed by atoms with Crippen molar-refractivity contribution in [3.8, 4) is 0 Å². The van der Waals surface area contributed by atoms with Gasteiger partial charge in [0.25, 0.3) is 0 Å². The third kappa shape index (κ3) is 3.38. The van der Waals surface area contributed by atoms with Gasteiger partial charge in [0, 0.05) is 5.56 Å². The Hall–Kier alpha value is -1.72. The molecule has 2 atom stereocenters. The zero-order chi connectivity index (χ0) is 13.7. The van der Waals surface area contributed by atoms with Crippen LogP contribution < -0.4 is 0 Å². The second-order valence-corrected chi connectivity index (χ2v) is 3.94. The van der Waals surface area contributed by atoms with Gasteiger partial charge in [0.15, 0.2) is 5.78 Å². The number of hydrogen-bond donors (Lipinski definition) is 2. The molecule has 0 amide bonds. The van der Waals surface area contributed by atoms with Crippen molar-refractivity contribution in [2.24, 2.45) is 0 Å². The Labute approximate surface area is 105 Å². The van der Waals surface area contributed by atoms with E-state index >= 15 is 0 Å². The van der Waals surface area contributed by atoms with E-state index in [4.69, 9.17) is 0 Å². The van der Waals surface area contributed by atoms with Crippen molar-refractivity contribution in [2.45, 2.75) is 25.6 Å². The lowest BCUT2D eigenvalue weighted by atomic mass is 9.95. The van der Waals surface area contributed by atoms with Crippen molar-refractivity contribution < 1.29 is 24.5 Å². The van der Waals surface area contributed by atoms with Crippen molar-refractivity contribution in [3.05, 3.63) is 35.4 Å². The molecule has 2 unspecified atom stereocenters. The third-order valence-electron chi connectivity index (χ3n) is 2.63. The standard InChI is InChI=1S/C13H16O5/c1-8(14)9-5-3-4-6-10(9)13(17)11(15)7-12(16)18-2/h3-6,11,13,15,17H,7H2,1-2H3. The number of aliphatic hydroxyl groups is 2. The molecule has 0 saturated carbocycles. The first-order valence-corrected chi connectivity index (χ1v) is 5.50. The van der Waals surface area contributed by atoms with E-state index in [1.165, 1.54) is 14.0 Å². The number of hydrogen-bond acceptors (Lipinski definition) is 5. The minimum Gasteiger partial charge on any atom is -0.469 e. The van der Waals surface area contributed by atoms with E-state index in [9.17, 15) is 19.8 Å². The molecule has 98 valence electrons. The summed E-state index contributed by atoms with van der Waals surface area (Å²) in [5.74, 6) is -0.836. The van der Waals surface area contributed by atoms with Crippen LogP contribution in [0.2, 0.25) is 0 Å². The smallest absolute Gasteiger partial charge is 0.308 e. The molecule has 0 aliphatic rings. The molecule has 0 bridgehead atoms. The van der Waals surface area contributed by atoms with Crippen molar-refractivity contribution in [1.82, 2.24) is 0 Å². The summed E-state index contributed by atoms with van der Waals surface area (Å²) >= 11 is 0. The molecule has 0 aliphatic heterocycles. The van der Waals surface area contributed by atoms with Crippen LogP contribution in [-0.4, -0.2) is 35.2 Å². The summed E-state index contributed by atoms with van der Waals surface area (Å²) in [6, 6.07) is 6.42. The number of rotatable bonds is 5. The highest BCUT2D eigenvalue weighted by Gasteiger charge is 2.24. The summed E-state index contributed by atoms with van der Waals surface area (Å²) in [4.78, 5) is 22.4. The van der Waals surface area contributed by atoms with E-state index in [0.717, 1.165) is 0 Å². The number of benzene rings is 1. The first-order valence-electron chi connectivity index (χ1n) is 5.50. The predicted molar refractivity (Wildman–Crippen MR) is 64.0 cm³/mol. The zero-order valence-electron chi connectivity index (χ0n) is 10.3. The molecule has 0 heterocycles. The second-order valence-electron chi connectivity index (χ2n) is 3.94. The van der Waals surface area contributed by atoms with Crippen LogP contribution in [0.5, 0.6) is 0 Å². The van der Waals surface area contributed by atoms with Crippen LogP contribution in [-0.2, 0) is 9.53 Å². The summed E-state index contributed by atoms with van der Waals surface area (Å²) < 4.78 is 4.41. The summed E-state index contributed by atoms with van der Waals surface area (Å²) in [6.07, 6.45) is -2.94. The number of aliphatic hydroxyl groups excluding tert-OH is 2. The van der Waals surface area contributed by atoms with Crippen LogP contribution in [0.25, 0.3) is 0 Å². The van der Waals surface area contributed by atoms with Gasteiger partial charge < -0.3 is 14.9 Å². The van der Waals surface area contributed by atoms with E-state index in [0.29, 0.717) is 11.1 Å². The molecule has 1 aromatic carbocycles. The molecular weight excluding hydrogens is 236 g/mol. The first-order chi connectivity index (χ1) is 8.47. The van der Waals surface area contributed by atoms with Gasteiger partial charge in [-0.15, -0.1) is 0 Å². The van der Waals surface area contributed by atoms with Crippen molar-refractivity contribution in [1.29, 1.82) is 0 Å². The maximum Gasteiger partial charge on any atom is 0.308 e.